The Morgan fingerprint density at radius 2 is 1.90 bits per heavy atom. The topological polar surface area (TPSA) is 40.1 Å². The Morgan fingerprint density at radius 3 is 2.30 bits per heavy atom. The Kier molecular flexibility index (Phi) is 5.04. The summed E-state index contributed by atoms with van der Waals surface area (Å²) in [4.78, 5) is 10.8. The van der Waals surface area contributed by atoms with E-state index >= 15 is 0 Å². The molecule has 3 heteroatoms. The van der Waals surface area contributed by atoms with Crippen LogP contribution in [0.15, 0.2) is 11.8 Å². The molecule has 0 aromatic carbocycles. The molecule has 0 aromatic rings. The third-order valence-corrected chi connectivity index (χ3v) is 1.60. The Hall–Kier alpha value is 0.210. The minimum atomic E-state index is 0. The molecule has 0 spiro atoms. The van der Waals surface area contributed by atoms with Crippen LogP contribution in [0, 0.1) is 0 Å². The fourth-order valence-electron chi connectivity index (χ4n) is 1.03. The quantitative estimate of drug-likeness (QED) is 0.214. The number of Topliss-reactive ketones (excluding diaryl/α,β-unsaturated/α-hetero) is 1. The maximum atomic E-state index is 10.8. The van der Waals surface area contributed by atoms with Crippen molar-refractivity contribution in [1.29, 1.82) is 0 Å². The largest absolute Gasteiger partial charge is 1.00 e. The number of hydrogen-bond donors (Lipinski definition) is 0. The van der Waals surface area contributed by atoms with Crippen molar-refractivity contribution in [3.8, 4) is 0 Å². The van der Waals surface area contributed by atoms with E-state index in [1.165, 1.54) is 0 Å². The van der Waals surface area contributed by atoms with Crippen LogP contribution in [0.1, 0.15) is 25.7 Å². The van der Waals surface area contributed by atoms with Crippen molar-refractivity contribution >= 4 is 5.78 Å². The van der Waals surface area contributed by atoms with Crippen LogP contribution in [0.5, 0.6) is 0 Å². The van der Waals surface area contributed by atoms with Gasteiger partial charge in [0.25, 0.3) is 0 Å². The molecule has 50 valence electrons. The van der Waals surface area contributed by atoms with Crippen LogP contribution in [0.25, 0.3) is 0 Å². The van der Waals surface area contributed by atoms with Crippen molar-refractivity contribution in [3.05, 3.63) is 11.8 Å². The van der Waals surface area contributed by atoms with Gasteiger partial charge in [0.15, 0.2) is 5.78 Å². The van der Waals surface area contributed by atoms with Gasteiger partial charge in [-0.1, -0.05) is 0 Å². The van der Waals surface area contributed by atoms with E-state index in [9.17, 15) is 9.90 Å². The van der Waals surface area contributed by atoms with Crippen molar-refractivity contribution in [3.63, 3.8) is 0 Å². The zero-order valence-corrected chi connectivity index (χ0v) is 8.22. The van der Waals surface area contributed by atoms with E-state index in [1.807, 2.05) is 0 Å². The Morgan fingerprint density at radius 1 is 1.30 bits per heavy atom. The molecule has 1 saturated carbocycles. The SMILES string of the molecule is O=C1CCCC/C1=C/[O-].[Na+]. The second-order valence-electron chi connectivity index (χ2n) is 2.27. The molecule has 1 aliphatic carbocycles. The molecule has 0 radical (unpaired) electrons. The number of hydrogen-bond acceptors (Lipinski definition) is 2. The summed E-state index contributed by atoms with van der Waals surface area (Å²) in [6.07, 6.45) is 3.92. The van der Waals surface area contributed by atoms with Gasteiger partial charge in [0, 0.05) is 6.42 Å². The second kappa shape index (κ2) is 4.94. The van der Waals surface area contributed by atoms with Crippen molar-refractivity contribution in [2.45, 2.75) is 25.7 Å². The summed E-state index contributed by atoms with van der Waals surface area (Å²) >= 11 is 0. The van der Waals surface area contributed by atoms with Gasteiger partial charge in [-0.3, -0.25) is 4.79 Å². The molecule has 0 heterocycles. The minimum Gasteiger partial charge on any atom is -0.878 e. The molecule has 1 aliphatic rings. The summed E-state index contributed by atoms with van der Waals surface area (Å²) in [7, 11) is 0. The van der Waals surface area contributed by atoms with Gasteiger partial charge in [0.05, 0.1) is 0 Å². The van der Waals surface area contributed by atoms with E-state index < -0.39 is 0 Å². The van der Waals surface area contributed by atoms with Crippen LogP contribution < -0.4 is 34.7 Å². The zero-order valence-electron chi connectivity index (χ0n) is 6.22. The van der Waals surface area contributed by atoms with E-state index in [0.717, 1.165) is 12.8 Å². The van der Waals surface area contributed by atoms with E-state index in [2.05, 4.69) is 0 Å². The first-order valence-corrected chi connectivity index (χ1v) is 3.19. The van der Waals surface area contributed by atoms with Gasteiger partial charge < -0.3 is 5.11 Å². The molecular weight excluding hydrogens is 139 g/mol. The molecule has 0 bridgehead atoms. The summed E-state index contributed by atoms with van der Waals surface area (Å²) in [6.45, 7) is 0. The molecule has 1 rings (SSSR count). The van der Waals surface area contributed by atoms with Crippen LogP contribution >= 0.6 is 0 Å². The van der Waals surface area contributed by atoms with E-state index in [0.29, 0.717) is 24.7 Å². The Bertz CT molecular complexity index is 152. The average Bonchev–Trinajstić information content (AvgIpc) is 1.89. The normalized spacial score (nSPS) is 22.4. The Labute approximate surface area is 82.6 Å². The van der Waals surface area contributed by atoms with Gasteiger partial charge in [-0.2, -0.15) is 0 Å². The van der Waals surface area contributed by atoms with E-state index in [1.54, 1.807) is 0 Å². The molecular formula is C7H9NaO2. The number of rotatable bonds is 0. The number of allylic oxidation sites excluding steroid dienone is 1. The molecule has 2 nitrogen and oxygen atoms in total. The zero-order chi connectivity index (χ0) is 6.69. The molecule has 0 N–H and O–H groups in total. The van der Waals surface area contributed by atoms with Gasteiger partial charge in [0.1, 0.15) is 0 Å². The van der Waals surface area contributed by atoms with Gasteiger partial charge in [-0.15, -0.1) is 6.26 Å². The maximum absolute atomic E-state index is 10.8. The average molecular weight is 148 g/mol. The summed E-state index contributed by atoms with van der Waals surface area (Å²) in [5, 5.41) is 10.1. The van der Waals surface area contributed by atoms with Crippen LogP contribution in [-0.4, -0.2) is 5.78 Å². The Balaban J connectivity index is 0.000000810. The van der Waals surface area contributed by atoms with Crippen molar-refractivity contribution in [2.24, 2.45) is 0 Å². The summed E-state index contributed by atoms with van der Waals surface area (Å²) < 4.78 is 0. The predicted octanol–water partition coefficient (Wildman–Crippen LogP) is -2.62. The fourth-order valence-corrected chi connectivity index (χ4v) is 1.03. The second-order valence-corrected chi connectivity index (χ2v) is 2.27. The molecule has 0 amide bonds. The van der Waals surface area contributed by atoms with Gasteiger partial charge in [0.2, 0.25) is 0 Å². The maximum Gasteiger partial charge on any atom is 1.00 e. The minimum absolute atomic E-state index is 0. The smallest absolute Gasteiger partial charge is 0.878 e. The van der Waals surface area contributed by atoms with E-state index in [-0.39, 0.29) is 35.3 Å². The molecule has 1 fully saturated rings. The molecule has 0 aromatic heterocycles. The molecule has 10 heavy (non-hydrogen) atoms. The summed E-state index contributed by atoms with van der Waals surface area (Å²) in [5.74, 6) is 0.0521. The van der Waals surface area contributed by atoms with Gasteiger partial charge >= 0.3 is 29.6 Å². The number of carbonyl (C=O) groups is 1. The third kappa shape index (κ3) is 2.45. The monoisotopic (exact) mass is 148 g/mol. The van der Waals surface area contributed by atoms with Crippen LogP contribution in [0.3, 0.4) is 0 Å². The fraction of sp³-hybridized carbons (Fsp3) is 0.571. The number of ketones is 1. The van der Waals surface area contributed by atoms with Gasteiger partial charge in [-0.05, 0) is 24.8 Å². The predicted molar refractivity (Wildman–Crippen MR) is 31.6 cm³/mol. The van der Waals surface area contributed by atoms with Crippen molar-refractivity contribution in [1.82, 2.24) is 0 Å². The summed E-state index contributed by atoms with van der Waals surface area (Å²) in [5.41, 5.74) is 0.487. The standard InChI is InChI=1S/C7H10O2.Na/c8-5-6-3-1-2-4-7(6)9;/h5,8H,1-4H2;/q;+1/p-1/b6-5-;. The number of carbonyl (C=O) groups excluding carboxylic acids is 1. The third-order valence-electron chi connectivity index (χ3n) is 1.60. The van der Waals surface area contributed by atoms with Crippen molar-refractivity contribution < 1.29 is 39.5 Å². The summed E-state index contributed by atoms with van der Waals surface area (Å²) in [6, 6.07) is 0. The van der Waals surface area contributed by atoms with Crippen molar-refractivity contribution in [2.75, 3.05) is 0 Å². The van der Waals surface area contributed by atoms with Crippen LogP contribution in [0.4, 0.5) is 0 Å². The molecule has 0 aliphatic heterocycles. The van der Waals surface area contributed by atoms with Gasteiger partial charge in [-0.25, -0.2) is 0 Å². The van der Waals surface area contributed by atoms with Crippen LogP contribution in [-0.2, 0) is 4.79 Å². The first-order chi connectivity index (χ1) is 4.34. The molecule has 0 atom stereocenters. The molecule has 0 unspecified atom stereocenters. The molecule has 0 saturated heterocycles. The van der Waals surface area contributed by atoms with Crippen LogP contribution in [0.2, 0.25) is 0 Å². The van der Waals surface area contributed by atoms with E-state index in [4.69, 9.17) is 0 Å². The first-order valence-electron chi connectivity index (χ1n) is 3.19. The first kappa shape index (κ1) is 10.2.